The quantitative estimate of drug-likeness (QED) is 0.0320. The average molecular weight is 1260 g/mol. The Labute approximate surface area is 559 Å². The molecule has 0 bridgehead atoms. The summed E-state index contributed by atoms with van der Waals surface area (Å²) in [6, 6.07) is -0.542. The Morgan fingerprint density at radius 2 is 0.528 bits per heavy atom. The maximum atomic E-state index is 12.6. The van der Waals surface area contributed by atoms with Crippen molar-refractivity contribution in [2.75, 3.05) is 13.2 Å². The van der Waals surface area contributed by atoms with Gasteiger partial charge < -0.3 is 20.3 Å². The van der Waals surface area contributed by atoms with E-state index in [9.17, 15) is 19.8 Å². The van der Waals surface area contributed by atoms with Crippen molar-refractivity contribution < 1.29 is 24.5 Å². The number of amides is 1. The van der Waals surface area contributed by atoms with Crippen LogP contribution in [0, 0.1) is 0 Å². The minimum atomic E-state index is -0.665. The number of allylic oxidation sites excluding steroid dienone is 2. The predicted molar refractivity (Wildman–Crippen MR) is 394 cm³/mol. The molecule has 6 heteroatoms. The van der Waals surface area contributed by atoms with Gasteiger partial charge in [-0.05, 0) is 51.4 Å². The number of esters is 1. The Balaban J connectivity index is 3.35. The van der Waals surface area contributed by atoms with Gasteiger partial charge in [0.25, 0.3) is 0 Å². The van der Waals surface area contributed by atoms with E-state index in [1.165, 1.54) is 411 Å². The first-order chi connectivity index (χ1) is 44.0. The highest BCUT2D eigenvalue weighted by molar-refractivity contribution is 5.76. The second kappa shape index (κ2) is 79.0. The minimum Gasteiger partial charge on any atom is -0.466 e. The number of aliphatic hydroxyl groups excluding tert-OH is 2. The Morgan fingerprint density at radius 1 is 0.303 bits per heavy atom. The van der Waals surface area contributed by atoms with Crippen LogP contribution in [0.2, 0.25) is 0 Å². The van der Waals surface area contributed by atoms with Crippen LogP contribution in [-0.4, -0.2) is 47.4 Å². The molecule has 530 valence electrons. The Morgan fingerprint density at radius 3 is 0.798 bits per heavy atom. The van der Waals surface area contributed by atoms with Gasteiger partial charge in [0.2, 0.25) is 5.91 Å². The second-order valence-electron chi connectivity index (χ2n) is 28.8. The van der Waals surface area contributed by atoms with Crippen LogP contribution in [0.15, 0.2) is 12.2 Å². The maximum Gasteiger partial charge on any atom is 0.305 e. The largest absolute Gasteiger partial charge is 0.466 e. The predicted octanol–water partition coefficient (Wildman–Crippen LogP) is 27.4. The summed E-state index contributed by atoms with van der Waals surface area (Å²) in [7, 11) is 0. The van der Waals surface area contributed by atoms with E-state index in [4.69, 9.17) is 4.74 Å². The molecule has 0 aromatic rings. The Kier molecular flexibility index (Phi) is 77.8. The highest BCUT2D eigenvalue weighted by Gasteiger charge is 2.20. The van der Waals surface area contributed by atoms with Gasteiger partial charge in [0.1, 0.15) is 0 Å². The molecule has 0 heterocycles. The summed E-state index contributed by atoms with van der Waals surface area (Å²) < 4.78 is 5.52. The summed E-state index contributed by atoms with van der Waals surface area (Å²) >= 11 is 0. The standard InChI is InChI=1S/C83H163NO5/c1-3-5-7-9-11-13-15-17-19-21-23-24-25-33-36-40-43-47-51-55-59-63-67-71-75-81(86)80(79-85)84-82(87)76-72-68-64-60-56-52-48-44-41-37-34-31-29-27-26-28-30-32-35-38-42-46-50-54-58-62-66-70-74-78-89-83(88)77-73-69-65-61-57-53-49-45-39-22-20-18-16-14-12-10-8-6-4-2/h26,28,80-81,85-86H,3-25,27,29-79H2,1-2H3,(H,84,87)/b28-26-. The first-order valence-electron chi connectivity index (χ1n) is 41.4. The SMILES string of the molecule is CCCCCCCCCCCCCCCCCCCCCCCCCCC(O)C(CO)NC(=O)CCCCCCCCCCCCCCC/C=C\CCCCCCCCCCCCCCOC(=O)CCCCCCCCCCCCCCCCCCCCC. The van der Waals surface area contributed by atoms with Gasteiger partial charge in [0, 0.05) is 12.8 Å². The summed E-state index contributed by atoms with van der Waals surface area (Å²) in [5.41, 5.74) is 0. The van der Waals surface area contributed by atoms with Gasteiger partial charge in [0.15, 0.2) is 0 Å². The topological polar surface area (TPSA) is 95.9 Å². The molecule has 0 saturated carbocycles. The van der Waals surface area contributed by atoms with E-state index in [2.05, 4.69) is 31.3 Å². The van der Waals surface area contributed by atoms with E-state index in [0.29, 0.717) is 25.9 Å². The zero-order valence-electron chi connectivity index (χ0n) is 61.0. The van der Waals surface area contributed by atoms with Gasteiger partial charge in [-0.25, -0.2) is 0 Å². The number of ether oxygens (including phenoxy) is 1. The zero-order valence-corrected chi connectivity index (χ0v) is 61.0. The molecule has 6 nitrogen and oxygen atoms in total. The van der Waals surface area contributed by atoms with Crippen molar-refractivity contribution in [2.24, 2.45) is 0 Å². The van der Waals surface area contributed by atoms with E-state index >= 15 is 0 Å². The molecule has 0 spiro atoms. The van der Waals surface area contributed by atoms with E-state index in [-0.39, 0.29) is 18.5 Å². The molecule has 0 aliphatic carbocycles. The van der Waals surface area contributed by atoms with Crippen LogP contribution in [0.25, 0.3) is 0 Å². The molecule has 1 amide bonds. The van der Waals surface area contributed by atoms with Crippen molar-refractivity contribution in [3.63, 3.8) is 0 Å². The number of rotatable bonds is 79. The molecule has 0 aromatic heterocycles. The third-order valence-corrected chi connectivity index (χ3v) is 19.8. The van der Waals surface area contributed by atoms with Gasteiger partial charge in [0.05, 0.1) is 25.4 Å². The van der Waals surface area contributed by atoms with Crippen LogP contribution in [0.3, 0.4) is 0 Å². The molecule has 0 radical (unpaired) electrons. The van der Waals surface area contributed by atoms with Gasteiger partial charge in [-0.3, -0.25) is 9.59 Å². The Bertz CT molecular complexity index is 1350. The van der Waals surface area contributed by atoms with Crippen LogP contribution >= 0.6 is 0 Å². The van der Waals surface area contributed by atoms with Crippen molar-refractivity contribution in [1.29, 1.82) is 0 Å². The number of nitrogens with one attached hydrogen (secondary N) is 1. The lowest BCUT2D eigenvalue weighted by Crippen LogP contribution is -2.45. The van der Waals surface area contributed by atoms with Gasteiger partial charge in [-0.2, -0.15) is 0 Å². The summed E-state index contributed by atoms with van der Waals surface area (Å²) in [5.74, 6) is -0.00489. The van der Waals surface area contributed by atoms with Crippen LogP contribution in [0.1, 0.15) is 483 Å². The summed E-state index contributed by atoms with van der Waals surface area (Å²) in [6.45, 7) is 5.02. The van der Waals surface area contributed by atoms with Gasteiger partial charge in [-0.1, -0.05) is 431 Å². The van der Waals surface area contributed by atoms with Gasteiger partial charge in [-0.15, -0.1) is 0 Å². The maximum absolute atomic E-state index is 12.6. The van der Waals surface area contributed by atoms with Crippen molar-refractivity contribution >= 4 is 11.9 Å². The van der Waals surface area contributed by atoms with Crippen molar-refractivity contribution in [1.82, 2.24) is 5.32 Å². The van der Waals surface area contributed by atoms with E-state index < -0.39 is 12.1 Å². The number of aliphatic hydroxyl groups is 2. The Hall–Kier alpha value is -1.40. The fourth-order valence-electron chi connectivity index (χ4n) is 13.5. The summed E-state index contributed by atoms with van der Waals surface area (Å²) in [4.78, 5) is 24.7. The summed E-state index contributed by atoms with van der Waals surface area (Å²) in [5, 5.41) is 23.5. The van der Waals surface area contributed by atoms with Crippen molar-refractivity contribution in [3.05, 3.63) is 12.2 Å². The summed E-state index contributed by atoms with van der Waals surface area (Å²) in [6.07, 6.45) is 100. The van der Waals surface area contributed by atoms with E-state index in [1.54, 1.807) is 0 Å². The van der Waals surface area contributed by atoms with E-state index in [0.717, 1.165) is 38.5 Å². The van der Waals surface area contributed by atoms with Crippen LogP contribution in [0.4, 0.5) is 0 Å². The molecule has 0 aliphatic rings. The highest BCUT2D eigenvalue weighted by Crippen LogP contribution is 2.21. The number of carbonyl (C=O) groups is 2. The van der Waals surface area contributed by atoms with Crippen LogP contribution in [-0.2, 0) is 14.3 Å². The van der Waals surface area contributed by atoms with Gasteiger partial charge >= 0.3 is 5.97 Å². The molecular weight excluding hydrogens is 1090 g/mol. The normalized spacial score (nSPS) is 12.4. The third kappa shape index (κ3) is 75.5. The molecule has 89 heavy (non-hydrogen) atoms. The second-order valence-corrected chi connectivity index (χ2v) is 28.8. The first-order valence-corrected chi connectivity index (χ1v) is 41.4. The first kappa shape index (κ1) is 87.6. The molecule has 0 saturated heterocycles. The number of hydrogen-bond donors (Lipinski definition) is 3. The smallest absolute Gasteiger partial charge is 0.305 e. The number of hydrogen-bond acceptors (Lipinski definition) is 5. The number of unbranched alkanes of at least 4 members (excludes halogenated alkanes) is 66. The monoisotopic (exact) mass is 1250 g/mol. The lowest BCUT2D eigenvalue weighted by atomic mass is 10.0. The van der Waals surface area contributed by atoms with E-state index in [1.807, 2.05) is 0 Å². The zero-order chi connectivity index (χ0) is 64.2. The van der Waals surface area contributed by atoms with Crippen LogP contribution in [0.5, 0.6) is 0 Å². The molecule has 3 N–H and O–H groups in total. The van der Waals surface area contributed by atoms with Crippen molar-refractivity contribution in [3.8, 4) is 0 Å². The molecule has 2 unspecified atom stereocenters. The molecular formula is C83H163NO5. The minimum absolute atomic E-state index is 0.0229. The molecule has 0 aliphatic heterocycles. The molecule has 0 fully saturated rings. The fraction of sp³-hybridized carbons (Fsp3) is 0.952. The third-order valence-electron chi connectivity index (χ3n) is 19.8. The molecule has 2 atom stereocenters. The molecule has 0 aromatic carbocycles. The number of carbonyl (C=O) groups excluding carboxylic acids is 2. The fourth-order valence-corrected chi connectivity index (χ4v) is 13.5. The highest BCUT2D eigenvalue weighted by atomic mass is 16.5. The van der Waals surface area contributed by atoms with Crippen molar-refractivity contribution in [2.45, 2.75) is 495 Å². The molecule has 0 rings (SSSR count). The van der Waals surface area contributed by atoms with Crippen LogP contribution < -0.4 is 5.32 Å². The average Bonchev–Trinajstić information content (AvgIpc) is 3.57. The lowest BCUT2D eigenvalue weighted by Gasteiger charge is -2.22. The lowest BCUT2D eigenvalue weighted by molar-refractivity contribution is -0.143.